The number of carbonyl (C=O) groups is 1. The lowest BCUT2D eigenvalue weighted by Crippen LogP contribution is -2.01. The first-order valence-corrected chi connectivity index (χ1v) is 4.87. The van der Waals surface area contributed by atoms with Gasteiger partial charge in [-0.05, 0) is 18.2 Å². The van der Waals surface area contributed by atoms with E-state index >= 15 is 0 Å². The fourth-order valence-corrected chi connectivity index (χ4v) is 1.86. The van der Waals surface area contributed by atoms with Gasteiger partial charge >= 0.3 is 5.97 Å². The van der Waals surface area contributed by atoms with Crippen LogP contribution in [0.3, 0.4) is 0 Å². The highest BCUT2D eigenvalue weighted by Crippen LogP contribution is 2.26. The number of hydrogen-bond donors (Lipinski definition) is 1. The van der Waals surface area contributed by atoms with E-state index in [0.717, 1.165) is 15.4 Å². The van der Waals surface area contributed by atoms with Crippen LogP contribution in [0.4, 0.5) is 0 Å². The Balaban J connectivity index is 2.72. The number of aromatic nitrogens is 1. The second kappa shape index (κ2) is 3.46. The van der Waals surface area contributed by atoms with Gasteiger partial charge in [-0.2, -0.15) is 0 Å². The first-order valence-electron chi connectivity index (χ1n) is 4.08. The van der Waals surface area contributed by atoms with Gasteiger partial charge in [0.25, 0.3) is 0 Å². The van der Waals surface area contributed by atoms with Crippen LogP contribution in [-0.4, -0.2) is 18.1 Å². The third-order valence-electron chi connectivity index (χ3n) is 2.08. The van der Waals surface area contributed by atoms with Crippen LogP contribution in [0.5, 0.6) is 0 Å². The van der Waals surface area contributed by atoms with E-state index in [4.69, 9.17) is 0 Å². The molecule has 14 heavy (non-hydrogen) atoms. The van der Waals surface area contributed by atoms with Gasteiger partial charge in [0, 0.05) is 16.1 Å². The number of esters is 1. The highest BCUT2D eigenvalue weighted by atomic mass is 79.9. The van der Waals surface area contributed by atoms with Crippen LogP contribution in [0.15, 0.2) is 28.9 Å². The average Bonchev–Trinajstić information content (AvgIpc) is 2.67. The van der Waals surface area contributed by atoms with Crippen molar-refractivity contribution in [2.24, 2.45) is 0 Å². The van der Waals surface area contributed by atoms with Gasteiger partial charge in [-0.15, -0.1) is 0 Å². The minimum Gasteiger partial charge on any atom is -0.465 e. The van der Waals surface area contributed by atoms with Crippen LogP contribution in [-0.2, 0) is 4.74 Å². The number of methoxy groups -OCH3 is 1. The molecule has 1 N–H and O–H groups in total. The second-order valence-corrected chi connectivity index (χ2v) is 3.71. The molecule has 1 aromatic heterocycles. The molecule has 1 aromatic carbocycles. The summed E-state index contributed by atoms with van der Waals surface area (Å²) >= 11 is 3.41. The number of halogens is 1. The summed E-state index contributed by atoms with van der Waals surface area (Å²) < 4.78 is 5.64. The Morgan fingerprint density at radius 2 is 2.21 bits per heavy atom. The monoisotopic (exact) mass is 253 g/mol. The molecule has 0 amide bonds. The van der Waals surface area contributed by atoms with E-state index < -0.39 is 0 Å². The Kier molecular flexibility index (Phi) is 2.29. The first kappa shape index (κ1) is 9.27. The van der Waals surface area contributed by atoms with Crippen molar-refractivity contribution in [3.63, 3.8) is 0 Å². The predicted molar refractivity (Wildman–Crippen MR) is 57.3 cm³/mol. The number of rotatable bonds is 1. The van der Waals surface area contributed by atoms with Crippen molar-refractivity contribution in [1.82, 2.24) is 4.98 Å². The number of aromatic amines is 1. The van der Waals surface area contributed by atoms with Crippen LogP contribution in [0.1, 0.15) is 10.4 Å². The van der Waals surface area contributed by atoms with Gasteiger partial charge < -0.3 is 9.72 Å². The molecular weight excluding hydrogens is 246 g/mol. The highest BCUT2D eigenvalue weighted by molar-refractivity contribution is 9.10. The average molecular weight is 254 g/mol. The molecule has 0 aliphatic carbocycles. The zero-order valence-electron chi connectivity index (χ0n) is 7.50. The maximum atomic E-state index is 11.4. The van der Waals surface area contributed by atoms with Crippen molar-refractivity contribution in [3.8, 4) is 0 Å². The van der Waals surface area contributed by atoms with Crippen molar-refractivity contribution in [1.29, 1.82) is 0 Å². The second-order valence-electron chi connectivity index (χ2n) is 2.85. The van der Waals surface area contributed by atoms with Crippen molar-refractivity contribution in [3.05, 3.63) is 34.4 Å². The van der Waals surface area contributed by atoms with Gasteiger partial charge in [-0.25, -0.2) is 4.79 Å². The van der Waals surface area contributed by atoms with Crippen LogP contribution < -0.4 is 0 Å². The Morgan fingerprint density at radius 1 is 1.43 bits per heavy atom. The van der Waals surface area contributed by atoms with Gasteiger partial charge in [0.2, 0.25) is 0 Å². The molecule has 2 aromatic rings. The number of ether oxygens (including phenoxy) is 1. The summed E-state index contributed by atoms with van der Waals surface area (Å²) in [6, 6.07) is 5.48. The molecule has 0 saturated heterocycles. The van der Waals surface area contributed by atoms with E-state index in [2.05, 4.69) is 25.7 Å². The lowest BCUT2D eigenvalue weighted by atomic mass is 10.1. The smallest absolute Gasteiger partial charge is 0.339 e. The quantitative estimate of drug-likeness (QED) is 0.795. The predicted octanol–water partition coefficient (Wildman–Crippen LogP) is 2.72. The first-order chi connectivity index (χ1) is 6.74. The number of benzene rings is 1. The molecular formula is C10H8BrNO2. The molecule has 0 aliphatic heterocycles. The fourth-order valence-electron chi connectivity index (χ4n) is 1.40. The molecule has 0 atom stereocenters. The van der Waals surface area contributed by atoms with Crippen LogP contribution in [0.25, 0.3) is 10.9 Å². The fraction of sp³-hybridized carbons (Fsp3) is 0.100. The normalized spacial score (nSPS) is 10.4. The number of carbonyl (C=O) groups excluding carboxylic acids is 1. The van der Waals surface area contributed by atoms with Gasteiger partial charge in [-0.1, -0.05) is 15.9 Å². The zero-order valence-corrected chi connectivity index (χ0v) is 9.09. The molecule has 0 radical (unpaired) electrons. The molecule has 0 saturated carbocycles. The van der Waals surface area contributed by atoms with Crippen molar-refractivity contribution in [2.75, 3.05) is 7.11 Å². The van der Waals surface area contributed by atoms with E-state index in [0.29, 0.717) is 5.56 Å². The molecule has 0 unspecified atom stereocenters. The van der Waals surface area contributed by atoms with Crippen molar-refractivity contribution >= 4 is 32.8 Å². The number of fused-ring (bicyclic) bond motifs is 1. The largest absolute Gasteiger partial charge is 0.465 e. The molecule has 0 fully saturated rings. The van der Waals surface area contributed by atoms with Crippen LogP contribution >= 0.6 is 15.9 Å². The molecule has 1 heterocycles. The lowest BCUT2D eigenvalue weighted by Gasteiger charge is -2.01. The number of H-pyrrole nitrogens is 1. The lowest BCUT2D eigenvalue weighted by molar-refractivity contribution is 0.0603. The summed E-state index contributed by atoms with van der Waals surface area (Å²) in [6.07, 6.45) is 1.79. The molecule has 0 spiro atoms. The van der Waals surface area contributed by atoms with E-state index in [1.165, 1.54) is 7.11 Å². The number of hydrogen-bond acceptors (Lipinski definition) is 2. The SMILES string of the molecule is COC(=O)c1ccc(Br)c2cc[nH]c12. The third-order valence-corrected chi connectivity index (χ3v) is 2.77. The van der Waals surface area contributed by atoms with Gasteiger partial charge in [0.05, 0.1) is 18.2 Å². The van der Waals surface area contributed by atoms with Gasteiger partial charge in [0.1, 0.15) is 0 Å². The maximum absolute atomic E-state index is 11.4. The topological polar surface area (TPSA) is 42.1 Å². The van der Waals surface area contributed by atoms with Gasteiger partial charge in [0.15, 0.2) is 0 Å². The Bertz CT molecular complexity index is 490. The zero-order chi connectivity index (χ0) is 10.1. The standard InChI is InChI=1S/C10H8BrNO2/c1-14-10(13)7-2-3-8(11)6-4-5-12-9(6)7/h2-5,12H,1H3. The molecule has 2 rings (SSSR count). The minimum atomic E-state index is -0.329. The number of nitrogens with one attached hydrogen (secondary N) is 1. The summed E-state index contributed by atoms with van der Waals surface area (Å²) in [5, 5.41) is 0.980. The third kappa shape index (κ3) is 1.32. The Morgan fingerprint density at radius 3 is 2.93 bits per heavy atom. The van der Waals surface area contributed by atoms with Gasteiger partial charge in [-0.3, -0.25) is 0 Å². The van der Waals surface area contributed by atoms with E-state index in [-0.39, 0.29) is 5.97 Å². The maximum Gasteiger partial charge on any atom is 0.339 e. The minimum absolute atomic E-state index is 0.329. The summed E-state index contributed by atoms with van der Waals surface area (Å²) in [7, 11) is 1.37. The van der Waals surface area contributed by atoms with Crippen LogP contribution in [0, 0.1) is 0 Å². The summed E-state index contributed by atoms with van der Waals surface area (Å²) in [5.41, 5.74) is 1.35. The summed E-state index contributed by atoms with van der Waals surface area (Å²) in [5.74, 6) is -0.329. The molecule has 3 nitrogen and oxygen atoms in total. The van der Waals surface area contributed by atoms with E-state index in [1.54, 1.807) is 12.3 Å². The Hall–Kier alpha value is -1.29. The van der Waals surface area contributed by atoms with Crippen molar-refractivity contribution in [2.45, 2.75) is 0 Å². The van der Waals surface area contributed by atoms with Crippen molar-refractivity contribution < 1.29 is 9.53 Å². The molecule has 0 bridgehead atoms. The Labute approximate surface area is 89.2 Å². The molecule has 4 heteroatoms. The summed E-state index contributed by atoms with van der Waals surface area (Å²) in [4.78, 5) is 14.4. The van der Waals surface area contributed by atoms with E-state index in [9.17, 15) is 4.79 Å². The molecule has 72 valence electrons. The highest BCUT2D eigenvalue weighted by Gasteiger charge is 2.12. The van der Waals surface area contributed by atoms with E-state index in [1.807, 2.05) is 12.1 Å². The van der Waals surface area contributed by atoms with Crippen LogP contribution in [0.2, 0.25) is 0 Å². The summed E-state index contributed by atoms with van der Waals surface area (Å²) in [6.45, 7) is 0. The molecule has 0 aliphatic rings.